The van der Waals surface area contributed by atoms with Crippen LogP contribution in [0.1, 0.15) is 5.56 Å². The highest BCUT2D eigenvalue weighted by Gasteiger charge is 2.10. The summed E-state index contributed by atoms with van der Waals surface area (Å²) in [6.07, 6.45) is 1.84. The van der Waals surface area contributed by atoms with Gasteiger partial charge in [-0.15, -0.1) is 0 Å². The summed E-state index contributed by atoms with van der Waals surface area (Å²) >= 11 is 0. The molecule has 96 valence electrons. The maximum atomic E-state index is 4.76. The van der Waals surface area contributed by atoms with Crippen LogP contribution in [0.25, 0.3) is 33.1 Å². The zero-order valence-electron chi connectivity index (χ0n) is 11.1. The number of pyridine rings is 1. The highest BCUT2D eigenvalue weighted by atomic mass is 15.1. The van der Waals surface area contributed by atoms with E-state index in [1.165, 1.54) is 10.9 Å². The van der Waals surface area contributed by atoms with Crippen molar-refractivity contribution in [3.05, 3.63) is 60.3 Å². The first-order valence-corrected chi connectivity index (χ1v) is 6.62. The normalized spacial score (nSPS) is 11.2. The molecule has 20 heavy (non-hydrogen) atoms. The number of H-pyrrole nitrogens is 1. The van der Waals surface area contributed by atoms with Crippen molar-refractivity contribution >= 4 is 21.8 Å². The molecule has 0 saturated heterocycles. The van der Waals surface area contributed by atoms with Crippen molar-refractivity contribution in [3.8, 4) is 11.3 Å². The predicted molar refractivity (Wildman–Crippen MR) is 81.6 cm³/mol. The van der Waals surface area contributed by atoms with Crippen LogP contribution in [0, 0.1) is 6.92 Å². The molecule has 2 aromatic carbocycles. The number of aromatic nitrogens is 3. The first kappa shape index (κ1) is 11.2. The van der Waals surface area contributed by atoms with E-state index in [4.69, 9.17) is 4.98 Å². The van der Waals surface area contributed by atoms with E-state index >= 15 is 0 Å². The number of fused-ring (bicyclic) bond motifs is 3. The van der Waals surface area contributed by atoms with Crippen molar-refractivity contribution < 1.29 is 0 Å². The minimum Gasteiger partial charge on any atom is -0.261 e. The van der Waals surface area contributed by atoms with Gasteiger partial charge >= 0.3 is 0 Å². The molecule has 3 heteroatoms. The standard InChI is InChI=1S/C17H13N3/c1-11-5-4-6-12(9-11)16-14-8-3-2-7-13(14)15-10-18-20-17(15)19-16/h2-10H,1H3,(H,18,19,20). The molecule has 0 aliphatic carbocycles. The summed E-state index contributed by atoms with van der Waals surface area (Å²) in [7, 11) is 0. The lowest BCUT2D eigenvalue weighted by molar-refractivity contribution is 1.10. The Hall–Kier alpha value is -2.68. The van der Waals surface area contributed by atoms with E-state index in [9.17, 15) is 0 Å². The molecular formula is C17H13N3. The fourth-order valence-electron chi connectivity index (χ4n) is 2.67. The molecule has 2 heterocycles. The van der Waals surface area contributed by atoms with Gasteiger partial charge in [-0.05, 0) is 18.4 Å². The van der Waals surface area contributed by atoms with Crippen LogP contribution in [0.15, 0.2) is 54.7 Å². The van der Waals surface area contributed by atoms with Gasteiger partial charge in [0, 0.05) is 16.3 Å². The molecule has 0 saturated carbocycles. The van der Waals surface area contributed by atoms with Crippen LogP contribution in [0.3, 0.4) is 0 Å². The molecular weight excluding hydrogens is 246 g/mol. The maximum Gasteiger partial charge on any atom is 0.156 e. The average Bonchev–Trinajstić information content (AvgIpc) is 2.95. The van der Waals surface area contributed by atoms with E-state index < -0.39 is 0 Å². The van der Waals surface area contributed by atoms with Crippen LogP contribution >= 0.6 is 0 Å². The van der Waals surface area contributed by atoms with Gasteiger partial charge in [0.2, 0.25) is 0 Å². The van der Waals surface area contributed by atoms with E-state index in [-0.39, 0.29) is 0 Å². The number of benzene rings is 2. The minimum atomic E-state index is 0.834. The topological polar surface area (TPSA) is 41.6 Å². The number of hydrogen-bond donors (Lipinski definition) is 1. The van der Waals surface area contributed by atoms with Crippen LogP contribution in [-0.4, -0.2) is 15.2 Å². The quantitative estimate of drug-likeness (QED) is 0.559. The van der Waals surface area contributed by atoms with Gasteiger partial charge in [0.1, 0.15) is 0 Å². The molecule has 3 nitrogen and oxygen atoms in total. The Kier molecular flexibility index (Phi) is 2.33. The summed E-state index contributed by atoms with van der Waals surface area (Å²) in [4.78, 5) is 4.76. The number of nitrogens with zero attached hydrogens (tertiary/aromatic N) is 2. The zero-order valence-corrected chi connectivity index (χ0v) is 11.1. The molecule has 0 atom stereocenters. The predicted octanol–water partition coefficient (Wildman–Crippen LogP) is 4.09. The zero-order chi connectivity index (χ0) is 13.5. The Labute approximate surface area is 116 Å². The van der Waals surface area contributed by atoms with Gasteiger partial charge in [0.25, 0.3) is 0 Å². The van der Waals surface area contributed by atoms with Crippen LogP contribution in [0.2, 0.25) is 0 Å². The molecule has 0 aliphatic rings. The van der Waals surface area contributed by atoms with Crippen molar-refractivity contribution in [2.75, 3.05) is 0 Å². The Morgan fingerprint density at radius 3 is 2.60 bits per heavy atom. The minimum absolute atomic E-state index is 0.834. The Morgan fingerprint density at radius 1 is 0.900 bits per heavy atom. The monoisotopic (exact) mass is 259 g/mol. The number of rotatable bonds is 1. The summed E-state index contributed by atoms with van der Waals surface area (Å²) in [5.74, 6) is 0. The van der Waals surface area contributed by atoms with E-state index in [1.54, 1.807) is 0 Å². The summed E-state index contributed by atoms with van der Waals surface area (Å²) in [5, 5.41) is 10.5. The van der Waals surface area contributed by atoms with E-state index in [0.29, 0.717) is 0 Å². The second kappa shape index (κ2) is 4.17. The van der Waals surface area contributed by atoms with Gasteiger partial charge in [0.05, 0.1) is 11.9 Å². The van der Waals surface area contributed by atoms with Crippen LogP contribution in [0.4, 0.5) is 0 Å². The molecule has 2 aromatic heterocycles. The van der Waals surface area contributed by atoms with Crippen molar-refractivity contribution in [2.24, 2.45) is 0 Å². The Morgan fingerprint density at radius 2 is 1.75 bits per heavy atom. The SMILES string of the molecule is Cc1cccc(-c2nc3[nH]ncc3c3ccccc23)c1. The van der Waals surface area contributed by atoms with E-state index in [1.807, 2.05) is 6.20 Å². The highest BCUT2D eigenvalue weighted by molar-refractivity contribution is 6.09. The molecule has 0 bridgehead atoms. The molecule has 0 amide bonds. The third-order valence-corrected chi connectivity index (χ3v) is 3.61. The average molecular weight is 259 g/mol. The molecule has 0 fully saturated rings. The van der Waals surface area contributed by atoms with Gasteiger partial charge < -0.3 is 0 Å². The van der Waals surface area contributed by atoms with Gasteiger partial charge in [-0.25, -0.2) is 4.98 Å². The van der Waals surface area contributed by atoms with Crippen LogP contribution in [-0.2, 0) is 0 Å². The summed E-state index contributed by atoms with van der Waals surface area (Å²) in [5.41, 5.74) is 4.21. The molecule has 4 aromatic rings. The Bertz CT molecular complexity index is 922. The summed E-state index contributed by atoms with van der Waals surface area (Å²) in [6.45, 7) is 2.10. The second-order valence-corrected chi connectivity index (χ2v) is 5.01. The fourth-order valence-corrected chi connectivity index (χ4v) is 2.67. The van der Waals surface area contributed by atoms with E-state index in [2.05, 4.69) is 65.7 Å². The second-order valence-electron chi connectivity index (χ2n) is 5.01. The molecule has 1 N–H and O–H groups in total. The molecule has 0 aliphatic heterocycles. The first-order valence-electron chi connectivity index (χ1n) is 6.62. The number of nitrogens with one attached hydrogen (secondary N) is 1. The molecule has 0 radical (unpaired) electrons. The molecule has 4 rings (SSSR count). The maximum absolute atomic E-state index is 4.76. The smallest absolute Gasteiger partial charge is 0.156 e. The number of hydrogen-bond acceptors (Lipinski definition) is 2. The Balaban J connectivity index is 2.16. The summed E-state index contributed by atoms with van der Waals surface area (Å²) in [6, 6.07) is 16.8. The summed E-state index contributed by atoms with van der Waals surface area (Å²) < 4.78 is 0. The molecule has 0 spiro atoms. The van der Waals surface area contributed by atoms with Gasteiger partial charge in [-0.3, -0.25) is 5.10 Å². The van der Waals surface area contributed by atoms with Gasteiger partial charge in [0.15, 0.2) is 5.65 Å². The van der Waals surface area contributed by atoms with E-state index in [0.717, 1.165) is 27.7 Å². The lowest BCUT2D eigenvalue weighted by Crippen LogP contribution is -1.89. The fraction of sp³-hybridized carbons (Fsp3) is 0.0588. The number of aryl methyl sites for hydroxylation is 1. The lowest BCUT2D eigenvalue weighted by atomic mass is 10.0. The molecule has 0 unspecified atom stereocenters. The van der Waals surface area contributed by atoms with Gasteiger partial charge in [-0.1, -0.05) is 48.0 Å². The highest BCUT2D eigenvalue weighted by Crippen LogP contribution is 2.31. The van der Waals surface area contributed by atoms with Crippen molar-refractivity contribution in [1.29, 1.82) is 0 Å². The van der Waals surface area contributed by atoms with Crippen LogP contribution in [0.5, 0.6) is 0 Å². The van der Waals surface area contributed by atoms with Crippen molar-refractivity contribution in [1.82, 2.24) is 15.2 Å². The van der Waals surface area contributed by atoms with Crippen molar-refractivity contribution in [3.63, 3.8) is 0 Å². The van der Waals surface area contributed by atoms with Gasteiger partial charge in [-0.2, -0.15) is 5.10 Å². The largest absolute Gasteiger partial charge is 0.261 e. The third kappa shape index (κ3) is 1.60. The number of aromatic amines is 1. The first-order chi connectivity index (χ1) is 9.83. The lowest BCUT2D eigenvalue weighted by Gasteiger charge is -2.07. The third-order valence-electron chi connectivity index (χ3n) is 3.61. The van der Waals surface area contributed by atoms with Crippen molar-refractivity contribution in [2.45, 2.75) is 6.92 Å². The van der Waals surface area contributed by atoms with Crippen LogP contribution < -0.4 is 0 Å².